The first kappa shape index (κ1) is 20.0. The number of anilines is 2. The molecule has 1 aliphatic heterocycles. The van der Waals surface area contributed by atoms with E-state index in [2.05, 4.69) is 25.6 Å². The first-order valence-electron chi connectivity index (χ1n) is 10.5. The number of carbonyl (C=O) groups is 1. The van der Waals surface area contributed by atoms with Gasteiger partial charge in [0, 0.05) is 48.8 Å². The fourth-order valence-corrected chi connectivity index (χ4v) is 3.67. The Balaban J connectivity index is 1.29. The highest BCUT2D eigenvalue weighted by molar-refractivity contribution is 6.04. The van der Waals surface area contributed by atoms with Gasteiger partial charge in [0.25, 0.3) is 5.91 Å². The van der Waals surface area contributed by atoms with Crippen molar-refractivity contribution >= 4 is 28.4 Å². The van der Waals surface area contributed by atoms with Crippen LogP contribution >= 0.6 is 0 Å². The van der Waals surface area contributed by atoms with Crippen LogP contribution in [-0.2, 0) is 11.2 Å². The monoisotopic (exact) mass is 429 g/mol. The Morgan fingerprint density at radius 2 is 2.00 bits per heavy atom. The second-order valence-electron chi connectivity index (χ2n) is 7.54. The van der Waals surface area contributed by atoms with Gasteiger partial charge in [-0.2, -0.15) is 0 Å². The van der Waals surface area contributed by atoms with Crippen LogP contribution in [0, 0.1) is 0 Å². The average molecular weight is 429 g/mol. The predicted molar refractivity (Wildman–Crippen MR) is 123 cm³/mol. The van der Waals surface area contributed by atoms with Gasteiger partial charge < -0.3 is 25.1 Å². The van der Waals surface area contributed by atoms with Crippen molar-refractivity contribution in [3.8, 4) is 17.1 Å². The third kappa shape index (κ3) is 4.13. The van der Waals surface area contributed by atoms with Crippen LogP contribution in [0.4, 0.5) is 11.5 Å². The molecule has 3 heterocycles. The largest absolute Gasteiger partial charge is 0.491 e. The zero-order valence-electron chi connectivity index (χ0n) is 17.6. The zero-order valence-corrected chi connectivity index (χ0v) is 17.6. The summed E-state index contributed by atoms with van der Waals surface area (Å²) in [6.07, 6.45) is 2.77. The molecule has 4 aromatic rings. The van der Waals surface area contributed by atoms with Gasteiger partial charge in [-0.25, -0.2) is 9.97 Å². The van der Waals surface area contributed by atoms with Gasteiger partial charge in [0.1, 0.15) is 24.0 Å². The molecule has 0 saturated heterocycles. The summed E-state index contributed by atoms with van der Waals surface area (Å²) in [5.74, 6) is 1.82. The van der Waals surface area contributed by atoms with Crippen LogP contribution < -0.4 is 15.4 Å². The minimum atomic E-state index is -0.204. The Labute approximate surface area is 185 Å². The number of methoxy groups -OCH3 is 1. The number of hydrogen-bond donors (Lipinski definition) is 3. The lowest BCUT2D eigenvalue weighted by Gasteiger charge is -2.07. The van der Waals surface area contributed by atoms with Crippen molar-refractivity contribution in [1.82, 2.24) is 15.0 Å². The van der Waals surface area contributed by atoms with Crippen LogP contribution in [0.1, 0.15) is 15.9 Å². The molecule has 1 aliphatic rings. The standard InChI is InChI=1S/C24H23N5O3/c1-31-10-11-32-18-6-7-19-21(12-18)28-23(27-19)15-2-4-16(5-3-15)24(30)29-22-13-20-17(14-26-22)8-9-25-20/h2-7,12-14,25H,8-11H2,1H3,(H,27,28)(H,26,29,30). The van der Waals surface area contributed by atoms with Crippen molar-refractivity contribution in [2.75, 3.05) is 37.5 Å². The molecule has 0 atom stereocenters. The quantitative estimate of drug-likeness (QED) is 0.386. The highest BCUT2D eigenvalue weighted by Gasteiger charge is 2.14. The number of nitrogens with zero attached hydrogens (tertiary/aromatic N) is 2. The highest BCUT2D eigenvalue weighted by atomic mass is 16.5. The van der Waals surface area contributed by atoms with Gasteiger partial charge >= 0.3 is 0 Å². The molecule has 0 saturated carbocycles. The minimum Gasteiger partial charge on any atom is -0.491 e. The molecule has 0 fully saturated rings. The molecule has 0 radical (unpaired) electrons. The molecule has 0 bridgehead atoms. The summed E-state index contributed by atoms with van der Waals surface area (Å²) in [7, 11) is 1.64. The van der Waals surface area contributed by atoms with E-state index in [0.29, 0.717) is 24.6 Å². The molecule has 1 amide bonds. The van der Waals surface area contributed by atoms with Gasteiger partial charge in [0.2, 0.25) is 0 Å². The van der Waals surface area contributed by atoms with Crippen molar-refractivity contribution in [3.05, 3.63) is 65.9 Å². The SMILES string of the molecule is COCCOc1ccc2nc(-c3ccc(C(=O)Nc4cc5c(cn4)CCN5)cc3)[nH]c2c1. The summed E-state index contributed by atoms with van der Waals surface area (Å²) >= 11 is 0. The minimum absolute atomic E-state index is 0.204. The van der Waals surface area contributed by atoms with E-state index >= 15 is 0 Å². The van der Waals surface area contributed by atoms with Gasteiger partial charge in [0.05, 0.1) is 17.6 Å². The number of aromatic amines is 1. The van der Waals surface area contributed by atoms with Crippen molar-refractivity contribution in [3.63, 3.8) is 0 Å². The van der Waals surface area contributed by atoms with E-state index in [1.807, 2.05) is 42.6 Å². The third-order valence-electron chi connectivity index (χ3n) is 5.37. The zero-order chi connectivity index (χ0) is 21.9. The number of fused-ring (bicyclic) bond motifs is 2. The van der Waals surface area contributed by atoms with Crippen LogP contribution in [0.2, 0.25) is 0 Å². The lowest BCUT2D eigenvalue weighted by Crippen LogP contribution is -2.13. The highest BCUT2D eigenvalue weighted by Crippen LogP contribution is 2.25. The molecule has 2 aromatic carbocycles. The fourth-order valence-electron chi connectivity index (χ4n) is 3.67. The van der Waals surface area contributed by atoms with Crippen molar-refractivity contribution in [2.45, 2.75) is 6.42 Å². The maximum Gasteiger partial charge on any atom is 0.256 e. The molecular formula is C24H23N5O3. The van der Waals surface area contributed by atoms with E-state index in [9.17, 15) is 4.79 Å². The maximum atomic E-state index is 12.6. The number of imidazole rings is 1. The van der Waals surface area contributed by atoms with Crippen LogP contribution in [0.3, 0.4) is 0 Å². The molecule has 3 N–H and O–H groups in total. The van der Waals surface area contributed by atoms with E-state index in [1.165, 1.54) is 5.56 Å². The fraction of sp³-hybridized carbons (Fsp3) is 0.208. The third-order valence-corrected chi connectivity index (χ3v) is 5.37. The van der Waals surface area contributed by atoms with Gasteiger partial charge in [-0.05, 0) is 36.2 Å². The van der Waals surface area contributed by atoms with Crippen molar-refractivity contribution < 1.29 is 14.3 Å². The molecule has 5 rings (SSSR count). The number of rotatable bonds is 7. The smallest absolute Gasteiger partial charge is 0.256 e. The van der Waals surface area contributed by atoms with Gasteiger partial charge in [-0.3, -0.25) is 4.79 Å². The van der Waals surface area contributed by atoms with Crippen LogP contribution in [-0.4, -0.2) is 47.7 Å². The molecule has 8 heteroatoms. The number of aromatic nitrogens is 3. The maximum absolute atomic E-state index is 12.6. The second-order valence-corrected chi connectivity index (χ2v) is 7.54. The number of benzene rings is 2. The van der Waals surface area contributed by atoms with Gasteiger partial charge in [-0.1, -0.05) is 12.1 Å². The Morgan fingerprint density at radius 1 is 1.12 bits per heavy atom. The molecule has 0 aliphatic carbocycles. The lowest BCUT2D eigenvalue weighted by atomic mass is 10.1. The molecule has 8 nitrogen and oxygen atoms in total. The number of pyridine rings is 1. The molecule has 0 unspecified atom stereocenters. The summed E-state index contributed by atoms with van der Waals surface area (Å²) in [6, 6.07) is 14.9. The van der Waals surface area contributed by atoms with E-state index < -0.39 is 0 Å². The number of carbonyl (C=O) groups excluding carboxylic acids is 1. The summed E-state index contributed by atoms with van der Waals surface area (Å²) in [5.41, 5.74) is 5.37. The number of H-pyrrole nitrogens is 1. The predicted octanol–water partition coefficient (Wildman–Crippen LogP) is 3.87. The molecule has 0 spiro atoms. The number of nitrogens with one attached hydrogen (secondary N) is 3. The van der Waals surface area contributed by atoms with E-state index in [-0.39, 0.29) is 5.91 Å². The molecule has 162 valence electrons. The molecule has 2 aromatic heterocycles. The first-order chi connectivity index (χ1) is 15.7. The Bertz CT molecular complexity index is 1270. The van der Waals surface area contributed by atoms with Crippen molar-refractivity contribution in [2.24, 2.45) is 0 Å². The van der Waals surface area contributed by atoms with Crippen LogP contribution in [0.5, 0.6) is 5.75 Å². The summed E-state index contributed by atoms with van der Waals surface area (Å²) in [5, 5.41) is 6.15. The van der Waals surface area contributed by atoms with E-state index in [0.717, 1.165) is 46.8 Å². The van der Waals surface area contributed by atoms with Gasteiger partial charge in [-0.15, -0.1) is 0 Å². The summed E-state index contributed by atoms with van der Waals surface area (Å²) in [4.78, 5) is 24.9. The Hall–Kier alpha value is -3.91. The van der Waals surface area contributed by atoms with Crippen LogP contribution in [0.25, 0.3) is 22.4 Å². The molecule has 32 heavy (non-hydrogen) atoms. The summed E-state index contributed by atoms with van der Waals surface area (Å²) in [6.45, 7) is 1.93. The average Bonchev–Trinajstić information content (AvgIpc) is 3.45. The number of hydrogen-bond acceptors (Lipinski definition) is 6. The lowest BCUT2D eigenvalue weighted by molar-refractivity contribution is 0.102. The van der Waals surface area contributed by atoms with E-state index in [1.54, 1.807) is 19.2 Å². The Morgan fingerprint density at radius 3 is 2.84 bits per heavy atom. The van der Waals surface area contributed by atoms with Gasteiger partial charge in [0.15, 0.2) is 0 Å². The topological polar surface area (TPSA) is 101 Å². The van der Waals surface area contributed by atoms with Crippen LogP contribution in [0.15, 0.2) is 54.7 Å². The Kier molecular flexibility index (Phi) is 5.43. The second kappa shape index (κ2) is 8.68. The number of amides is 1. The first-order valence-corrected chi connectivity index (χ1v) is 10.5. The summed E-state index contributed by atoms with van der Waals surface area (Å²) < 4.78 is 10.7. The van der Waals surface area contributed by atoms with E-state index in [4.69, 9.17) is 9.47 Å². The normalized spacial score (nSPS) is 12.4. The van der Waals surface area contributed by atoms with Crippen molar-refractivity contribution in [1.29, 1.82) is 0 Å². The molecular weight excluding hydrogens is 406 g/mol. The number of ether oxygens (including phenoxy) is 2.